The summed E-state index contributed by atoms with van der Waals surface area (Å²) in [6, 6.07) is 0.470. The maximum atomic E-state index is 5.27. The third-order valence-electron chi connectivity index (χ3n) is 3.26. The highest BCUT2D eigenvalue weighted by atomic mass is 16.5. The first-order valence-corrected chi connectivity index (χ1v) is 5.96. The van der Waals surface area contributed by atoms with Crippen LogP contribution in [-0.2, 0) is 4.74 Å². The molecule has 0 radical (unpaired) electrons. The Morgan fingerprint density at radius 1 is 1.18 bits per heavy atom. The monoisotopic (exact) mass is 236 g/mol. The van der Waals surface area contributed by atoms with E-state index in [-0.39, 0.29) is 0 Å². The number of aromatic nitrogens is 2. The van der Waals surface area contributed by atoms with Gasteiger partial charge in [-0.2, -0.15) is 0 Å². The number of nitrogens with one attached hydrogen (secondary N) is 2. The normalized spacial score (nSPS) is 23.1. The minimum Gasteiger partial charge on any atom is -0.381 e. The van der Waals surface area contributed by atoms with E-state index in [9.17, 15) is 0 Å². The number of nitrogens with zero attached hydrogens (tertiary/aromatic N) is 2. The van der Waals surface area contributed by atoms with Crippen LogP contribution in [0.25, 0.3) is 0 Å². The Labute approximate surface area is 102 Å². The molecule has 5 heteroatoms. The summed E-state index contributed by atoms with van der Waals surface area (Å²) in [5, 5.41) is 6.55. The number of ether oxygens (including phenoxy) is 1. The lowest BCUT2D eigenvalue weighted by Gasteiger charge is -2.35. The van der Waals surface area contributed by atoms with Crippen molar-refractivity contribution in [2.24, 2.45) is 0 Å². The molecule has 5 nitrogen and oxygen atoms in total. The summed E-state index contributed by atoms with van der Waals surface area (Å²) >= 11 is 0. The Hall–Kier alpha value is -1.36. The van der Waals surface area contributed by atoms with Gasteiger partial charge in [-0.1, -0.05) is 0 Å². The predicted octanol–water partition coefficient (Wildman–Crippen LogP) is 1.72. The molecule has 0 spiro atoms. The van der Waals surface area contributed by atoms with Crippen molar-refractivity contribution < 1.29 is 4.74 Å². The van der Waals surface area contributed by atoms with Crippen LogP contribution < -0.4 is 10.6 Å². The van der Waals surface area contributed by atoms with Gasteiger partial charge in [0.25, 0.3) is 0 Å². The zero-order chi connectivity index (χ0) is 12.4. The quantitative estimate of drug-likeness (QED) is 0.833. The van der Waals surface area contributed by atoms with Crippen LogP contribution in [0.2, 0.25) is 0 Å². The molecule has 1 heterocycles. The van der Waals surface area contributed by atoms with Crippen molar-refractivity contribution in [2.75, 3.05) is 24.8 Å². The average molecular weight is 236 g/mol. The first-order valence-electron chi connectivity index (χ1n) is 5.96. The van der Waals surface area contributed by atoms with Crippen LogP contribution in [-0.4, -0.2) is 36.3 Å². The molecule has 1 aliphatic rings. The van der Waals surface area contributed by atoms with E-state index in [1.54, 1.807) is 7.11 Å². The molecule has 0 unspecified atom stereocenters. The second-order valence-corrected chi connectivity index (χ2v) is 4.51. The van der Waals surface area contributed by atoms with Crippen LogP contribution in [0, 0.1) is 13.8 Å². The third-order valence-corrected chi connectivity index (χ3v) is 3.26. The van der Waals surface area contributed by atoms with Crippen LogP contribution in [0.4, 0.5) is 11.6 Å². The van der Waals surface area contributed by atoms with Crippen LogP contribution in [0.3, 0.4) is 0 Å². The molecule has 0 aliphatic heterocycles. The molecular formula is C12H20N4O. The van der Waals surface area contributed by atoms with Crippen molar-refractivity contribution in [3.63, 3.8) is 0 Å². The van der Waals surface area contributed by atoms with Gasteiger partial charge in [-0.25, -0.2) is 9.97 Å². The second-order valence-electron chi connectivity index (χ2n) is 4.51. The highest BCUT2D eigenvalue weighted by molar-refractivity contribution is 5.57. The van der Waals surface area contributed by atoms with E-state index in [2.05, 4.69) is 20.6 Å². The van der Waals surface area contributed by atoms with E-state index in [0.717, 1.165) is 35.9 Å². The minimum atomic E-state index is 0.402. The first kappa shape index (κ1) is 12.1. The summed E-state index contributed by atoms with van der Waals surface area (Å²) in [6.45, 7) is 3.93. The van der Waals surface area contributed by atoms with Crippen molar-refractivity contribution in [3.8, 4) is 0 Å². The van der Waals surface area contributed by atoms with Crippen LogP contribution in [0.5, 0.6) is 0 Å². The Kier molecular flexibility index (Phi) is 3.47. The van der Waals surface area contributed by atoms with Gasteiger partial charge < -0.3 is 15.4 Å². The fourth-order valence-corrected chi connectivity index (χ4v) is 2.08. The predicted molar refractivity (Wildman–Crippen MR) is 68.5 cm³/mol. The molecule has 0 amide bonds. The number of hydrogen-bond acceptors (Lipinski definition) is 5. The molecule has 2 N–H and O–H groups in total. The van der Waals surface area contributed by atoms with E-state index in [0.29, 0.717) is 12.1 Å². The molecule has 1 fully saturated rings. The van der Waals surface area contributed by atoms with Gasteiger partial charge >= 0.3 is 0 Å². The number of methoxy groups -OCH3 is 1. The molecule has 2 rings (SSSR count). The number of rotatable bonds is 4. The zero-order valence-electron chi connectivity index (χ0n) is 10.9. The summed E-state index contributed by atoms with van der Waals surface area (Å²) in [4.78, 5) is 8.80. The van der Waals surface area contributed by atoms with Gasteiger partial charge in [0.2, 0.25) is 0 Å². The summed E-state index contributed by atoms with van der Waals surface area (Å²) in [7, 11) is 3.64. The highest BCUT2D eigenvalue weighted by Crippen LogP contribution is 2.28. The molecule has 0 saturated heterocycles. The number of hydrogen-bond donors (Lipinski definition) is 2. The summed E-state index contributed by atoms with van der Waals surface area (Å²) < 4.78 is 5.27. The maximum absolute atomic E-state index is 5.27. The van der Waals surface area contributed by atoms with Gasteiger partial charge in [0.05, 0.1) is 6.10 Å². The second kappa shape index (κ2) is 4.87. The molecule has 17 heavy (non-hydrogen) atoms. The van der Waals surface area contributed by atoms with Crippen LogP contribution in [0.15, 0.2) is 0 Å². The SMILES string of the molecule is CNc1nc(C)nc(NC2CC(OC)C2)c1C. The van der Waals surface area contributed by atoms with Crippen molar-refractivity contribution in [1.29, 1.82) is 0 Å². The topological polar surface area (TPSA) is 59.1 Å². The molecular weight excluding hydrogens is 216 g/mol. The Balaban J connectivity index is 2.08. The van der Waals surface area contributed by atoms with Gasteiger partial charge in [0.1, 0.15) is 17.5 Å². The van der Waals surface area contributed by atoms with E-state index in [4.69, 9.17) is 4.74 Å². The molecule has 0 atom stereocenters. The molecule has 0 aromatic carbocycles. The fourth-order valence-electron chi connectivity index (χ4n) is 2.08. The molecule has 0 bridgehead atoms. The summed E-state index contributed by atoms with van der Waals surface area (Å²) in [6.07, 6.45) is 2.50. The minimum absolute atomic E-state index is 0.402. The molecule has 1 aliphatic carbocycles. The maximum Gasteiger partial charge on any atom is 0.134 e. The Morgan fingerprint density at radius 2 is 1.82 bits per heavy atom. The van der Waals surface area contributed by atoms with Crippen molar-refractivity contribution in [1.82, 2.24) is 9.97 Å². The lowest BCUT2D eigenvalue weighted by molar-refractivity contribution is 0.0328. The largest absolute Gasteiger partial charge is 0.381 e. The number of aryl methyl sites for hydroxylation is 1. The highest BCUT2D eigenvalue weighted by Gasteiger charge is 2.29. The van der Waals surface area contributed by atoms with Gasteiger partial charge in [-0.05, 0) is 26.7 Å². The van der Waals surface area contributed by atoms with E-state index >= 15 is 0 Å². The van der Waals surface area contributed by atoms with Crippen molar-refractivity contribution in [2.45, 2.75) is 38.8 Å². The standard InChI is InChI=1S/C12H20N4O/c1-7-11(13-3)14-8(2)15-12(7)16-9-5-10(6-9)17-4/h9-10H,5-6H2,1-4H3,(H2,13,14,15,16). The van der Waals surface area contributed by atoms with Crippen molar-refractivity contribution in [3.05, 3.63) is 11.4 Å². The molecule has 1 aromatic rings. The molecule has 94 valence electrons. The molecule has 1 aromatic heterocycles. The van der Waals surface area contributed by atoms with Crippen molar-refractivity contribution >= 4 is 11.6 Å². The first-order chi connectivity index (χ1) is 8.13. The summed E-state index contributed by atoms with van der Waals surface area (Å²) in [5.41, 5.74) is 1.07. The van der Waals surface area contributed by atoms with E-state index < -0.39 is 0 Å². The zero-order valence-corrected chi connectivity index (χ0v) is 10.9. The summed E-state index contributed by atoms with van der Waals surface area (Å²) in [5.74, 6) is 2.61. The third kappa shape index (κ3) is 2.49. The average Bonchev–Trinajstić information content (AvgIpc) is 2.26. The fraction of sp³-hybridized carbons (Fsp3) is 0.667. The lowest BCUT2D eigenvalue weighted by Crippen LogP contribution is -2.40. The molecule has 1 saturated carbocycles. The van der Waals surface area contributed by atoms with Gasteiger partial charge in [-0.3, -0.25) is 0 Å². The van der Waals surface area contributed by atoms with E-state index in [1.807, 2.05) is 20.9 Å². The van der Waals surface area contributed by atoms with Gasteiger partial charge in [0.15, 0.2) is 0 Å². The smallest absolute Gasteiger partial charge is 0.134 e. The van der Waals surface area contributed by atoms with Crippen LogP contribution >= 0.6 is 0 Å². The Bertz CT molecular complexity index is 402. The lowest BCUT2D eigenvalue weighted by atomic mass is 9.89. The Morgan fingerprint density at radius 3 is 2.41 bits per heavy atom. The van der Waals surface area contributed by atoms with Gasteiger partial charge in [-0.15, -0.1) is 0 Å². The van der Waals surface area contributed by atoms with E-state index in [1.165, 1.54) is 0 Å². The van der Waals surface area contributed by atoms with Crippen LogP contribution in [0.1, 0.15) is 24.2 Å². The van der Waals surface area contributed by atoms with Gasteiger partial charge in [0, 0.05) is 25.8 Å². The number of anilines is 2.